The molecule has 1 atom stereocenters. The number of amides is 1. The van der Waals surface area contributed by atoms with Gasteiger partial charge in [-0.25, -0.2) is 4.98 Å². The fourth-order valence-corrected chi connectivity index (χ4v) is 4.21. The van der Waals surface area contributed by atoms with Gasteiger partial charge in [-0.1, -0.05) is 42.1 Å². The van der Waals surface area contributed by atoms with Crippen molar-refractivity contribution in [3.8, 4) is 11.4 Å². The molecular formula is C20H18N6O2S2. The molecule has 152 valence electrons. The van der Waals surface area contributed by atoms with Crippen LogP contribution >= 0.6 is 23.1 Å². The predicted octanol–water partition coefficient (Wildman–Crippen LogP) is 3.13. The maximum atomic E-state index is 12.7. The monoisotopic (exact) mass is 438 g/mol. The molecule has 0 radical (unpaired) electrons. The third-order valence-corrected chi connectivity index (χ3v) is 5.99. The van der Waals surface area contributed by atoms with Gasteiger partial charge in [-0.15, -0.1) is 16.4 Å². The molecule has 0 aliphatic heterocycles. The first kappa shape index (κ1) is 20.0. The molecule has 1 amide bonds. The number of hydrogen-bond donors (Lipinski definition) is 1. The van der Waals surface area contributed by atoms with Crippen molar-refractivity contribution in [3.63, 3.8) is 0 Å². The lowest BCUT2D eigenvalue weighted by Gasteiger charge is -2.17. The molecule has 0 bridgehead atoms. The molecule has 0 spiro atoms. The first-order valence-electron chi connectivity index (χ1n) is 9.04. The highest BCUT2D eigenvalue weighted by Gasteiger charge is 2.20. The SMILES string of the molecule is COc1ccc(-n2nnnc2SCC(=O)NC(c2ccccc2)c2nccs2)cc1. The lowest BCUT2D eigenvalue weighted by atomic mass is 10.1. The number of tetrazole rings is 1. The number of thiazole rings is 1. The van der Waals surface area contributed by atoms with Gasteiger partial charge in [0.05, 0.1) is 18.6 Å². The second-order valence-electron chi connectivity index (χ2n) is 6.14. The Balaban J connectivity index is 1.44. The van der Waals surface area contributed by atoms with Crippen LogP contribution in [0.25, 0.3) is 5.69 Å². The lowest BCUT2D eigenvalue weighted by Crippen LogP contribution is -2.30. The number of thioether (sulfide) groups is 1. The third kappa shape index (κ3) is 4.66. The molecule has 1 unspecified atom stereocenters. The molecule has 8 nitrogen and oxygen atoms in total. The van der Waals surface area contributed by atoms with Gasteiger partial charge in [0, 0.05) is 11.6 Å². The van der Waals surface area contributed by atoms with Crippen LogP contribution in [0.3, 0.4) is 0 Å². The minimum atomic E-state index is -0.295. The molecule has 4 aromatic rings. The summed E-state index contributed by atoms with van der Waals surface area (Å²) in [4.78, 5) is 17.1. The number of nitrogens with zero attached hydrogens (tertiary/aromatic N) is 5. The van der Waals surface area contributed by atoms with Crippen LogP contribution in [0.1, 0.15) is 16.6 Å². The van der Waals surface area contributed by atoms with Crippen molar-refractivity contribution in [3.05, 3.63) is 76.7 Å². The fraction of sp³-hybridized carbons (Fsp3) is 0.150. The van der Waals surface area contributed by atoms with Crippen LogP contribution in [-0.4, -0.2) is 44.0 Å². The summed E-state index contributed by atoms with van der Waals surface area (Å²) in [7, 11) is 1.61. The molecular weight excluding hydrogens is 420 g/mol. The van der Waals surface area contributed by atoms with Crippen molar-refractivity contribution >= 4 is 29.0 Å². The van der Waals surface area contributed by atoms with E-state index in [1.807, 2.05) is 60.0 Å². The van der Waals surface area contributed by atoms with Crippen LogP contribution in [0, 0.1) is 0 Å². The highest BCUT2D eigenvalue weighted by molar-refractivity contribution is 7.99. The number of ether oxygens (including phenoxy) is 1. The van der Waals surface area contributed by atoms with Crippen LogP contribution in [0.5, 0.6) is 5.75 Å². The summed E-state index contributed by atoms with van der Waals surface area (Å²) in [5.41, 5.74) is 1.77. The van der Waals surface area contributed by atoms with Crippen molar-refractivity contribution in [2.45, 2.75) is 11.2 Å². The Labute approximate surface area is 181 Å². The molecule has 1 N–H and O–H groups in total. The minimum Gasteiger partial charge on any atom is -0.497 e. The fourth-order valence-electron chi connectivity index (χ4n) is 2.80. The molecule has 2 heterocycles. The highest BCUT2D eigenvalue weighted by Crippen LogP contribution is 2.25. The Bertz CT molecular complexity index is 1080. The van der Waals surface area contributed by atoms with Gasteiger partial charge in [0.15, 0.2) is 0 Å². The number of aromatic nitrogens is 5. The Hall–Kier alpha value is -3.24. The summed E-state index contributed by atoms with van der Waals surface area (Å²) in [5, 5.41) is 18.1. The average Bonchev–Trinajstić information content (AvgIpc) is 3.49. The molecule has 0 saturated heterocycles. The smallest absolute Gasteiger partial charge is 0.231 e. The van der Waals surface area contributed by atoms with Gasteiger partial charge < -0.3 is 10.1 Å². The summed E-state index contributed by atoms with van der Waals surface area (Å²) in [6.45, 7) is 0. The zero-order valence-electron chi connectivity index (χ0n) is 16.0. The normalized spacial score (nSPS) is 11.8. The summed E-state index contributed by atoms with van der Waals surface area (Å²) in [6.07, 6.45) is 1.74. The zero-order chi connectivity index (χ0) is 20.8. The van der Waals surface area contributed by atoms with Crippen LogP contribution in [-0.2, 0) is 4.79 Å². The number of hydrogen-bond acceptors (Lipinski definition) is 8. The zero-order valence-corrected chi connectivity index (χ0v) is 17.6. The second-order valence-corrected chi connectivity index (χ2v) is 8.01. The van der Waals surface area contributed by atoms with Crippen molar-refractivity contribution < 1.29 is 9.53 Å². The van der Waals surface area contributed by atoms with Gasteiger partial charge in [0.2, 0.25) is 11.1 Å². The molecule has 0 fully saturated rings. The molecule has 10 heteroatoms. The van der Waals surface area contributed by atoms with Gasteiger partial charge in [-0.05, 0) is 40.3 Å². The number of rotatable bonds is 8. The van der Waals surface area contributed by atoms with E-state index < -0.39 is 0 Å². The highest BCUT2D eigenvalue weighted by atomic mass is 32.2. The second kappa shape index (κ2) is 9.51. The summed E-state index contributed by atoms with van der Waals surface area (Å²) in [5.74, 6) is 0.786. The van der Waals surface area contributed by atoms with Crippen molar-refractivity contribution in [2.75, 3.05) is 12.9 Å². The van der Waals surface area contributed by atoms with Crippen molar-refractivity contribution in [1.82, 2.24) is 30.5 Å². The largest absolute Gasteiger partial charge is 0.497 e. The van der Waals surface area contributed by atoms with E-state index >= 15 is 0 Å². The molecule has 2 aromatic carbocycles. The van der Waals surface area contributed by atoms with E-state index in [1.54, 1.807) is 18.0 Å². The summed E-state index contributed by atoms with van der Waals surface area (Å²) in [6, 6.07) is 16.9. The standard InChI is InChI=1S/C20H18N6O2S2/c1-28-16-9-7-15(8-10-16)26-20(23-24-25-26)30-13-17(27)22-18(19-21-11-12-29-19)14-5-3-2-4-6-14/h2-12,18H,13H2,1H3,(H,22,27). The summed E-state index contributed by atoms with van der Waals surface area (Å²) >= 11 is 2.77. The van der Waals surface area contributed by atoms with E-state index in [2.05, 4.69) is 25.8 Å². The van der Waals surface area contributed by atoms with Crippen LogP contribution in [0.2, 0.25) is 0 Å². The Morgan fingerprint density at radius 3 is 2.70 bits per heavy atom. The van der Waals surface area contributed by atoms with Crippen LogP contribution in [0.15, 0.2) is 71.3 Å². The molecule has 0 aliphatic rings. The van der Waals surface area contributed by atoms with E-state index in [0.29, 0.717) is 5.16 Å². The number of carbonyl (C=O) groups is 1. The van der Waals surface area contributed by atoms with E-state index in [0.717, 1.165) is 22.0 Å². The van der Waals surface area contributed by atoms with Gasteiger partial charge >= 0.3 is 0 Å². The average molecular weight is 439 g/mol. The molecule has 2 aromatic heterocycles. The number of carbonyl (C=O) groups excluding carboxylic acids is 1. The quantitative estimate of drug-likeness (QED) is 0.422. The topological polar surface area (TPSA) is 94.8 Å². The molecule has 0 saturated carbocycles. The summed E-state index contributed by atoms with van der Waals surface area (Å²) < 4.78 is 6.77. The van der Waals surface area contributed by atoms with E-state index in [1.165, 1.54) is 23.1 Å². The molecule has 0 aliphatic carbocycles. The minimum absolute atomic E-state index is 0.131. The van der Waals surface area contributed by atoms with Crippen LogP contribution < -0.4 is 10.1 Å². The first-order valence-corrected chi connectivity index (χ1v) is 10.9. The van der Waals surface area contributed by atoms with Crippen molar-refractivity contribution in [2.24, 2.45) is 0 Å². The van der Waals surface area contributed by atoms with Crippen LogP contribution in [0.4, 0.5) is 0 Å². The van der Waals surface area contributed by atoms with Gasteiger partial charge in [-0.2, -0.15) is 4.68 Å². The third-order valence-electron chi connectivity index (χ3n) is 4.23. The van der Waals surface area contributed by atoms with E-state index in [4.69, 9.17) is 4.74 Å². The van der Waals surface area contributed by atoms with Gasteiger partial charge in [-0.3, -0.25) is 4.79 Å². The number of methoxy groups -OCH3 is 1. The maximum absolute atomic E-state index is 12.7. The van der Waals surface area contributed by atoms with E-state index in [9.17, 15) is 4.79 Å². The molecule has 30 heavy (non-hydrogen) atoms. The maximum Gasteiger partial charge on any atom is 0.231 e. The number of nitrogens with one attached hydrogen (secondary N) is 1. The Morgan fingerprint density at radius 2 is 2.00 bits per heavy atom. The predicted molar refractivity (Wildman–Crippen MR) is 115 cm³/mol. The lowest BCUT2D eigenvalue weighted by molar-refractivity contribution is -0.119. The Kier molecular flexibility index (Phi) is 6.35. The van der Waals surface area contributed by atoms with Crippen molar-refractivity contribution in [1.29, 1.82) is 0 Å². The van der Waals surface area contributed by atoms with Gasteiger partial charge in [0.1, 0.15) is 16.8 Å². The number of benzene rings is 2. The van der Waals surface area contributed by atoms with Gasteiger partial charge in [0.25, 0.3) is 0 Å². The van der Waals surface area contributed by atoms with E-state index in [-0.39, 0.29) is 17.7 Å². The molecule has 4 rings (SSSR count). The first-order chi connectivity index (χ1) is 14.7. The Morgan fingerprint density at radius 1 is 1.20 bits per heavy atom.